The summed E-state index contributed by atoms with van der Waals surface area (Å²) in [6.45, 7) is 3.47. The lowest BCUT2D eigenvalue weighted by molar-refractivity contribution is 0.121. The molecule has 0 fully saturated rings. The highest BCUT2D eigenvalue weighted by atomic mass is 35.5. The third-order valence-electron chi connectivity index (χ3n) is 1.61. The fourth-order valence-electron chi connectivity index (χ4n) is 0.970. The van der Waals surface area contributed by atoms with E-state index in [1.165, 1.54) is 0 Å². The van der Waals surface area contributed by atoms with Crippen LogP contribution in [0.4, 0.5) is 0 Å². The summed E-state index contributed by atoms with van der Waals surface area (Å²) < 4.78 is 5.37. The summed E-state index contributed by atoms with van der Waals surface area (Å²) >= 11 is 7.21. The van der Waals surface area contributed by atoms with Crippen molar-refractivity contribution in [1.29, 1.82) is 0 Å². The van der Waals surface area contributed by atoms with E-state index in [1.54, 1.807) is 11.3 Å². The monoisotopic (exact) mass is 234 g/mol. The largest absolute Gasteiger partial charge is 0.374 e. The van der Waals surface area contributed by atoms with Gasteiger partial charge in [0.15, 0.2) is 0 Å². The Morgan fingerprint density at radius 1 is 1.36 bits per heavy atom. The Morgan fingerprint density at radius 2 is 2.14 bits per heavy atom. The molecule has 5 heteroatoms. The van der Waals surface area contributed by atoms with Crippen molar-refractivity contribution >= 4 is 22.9 Å². The third-order valence-corrected chi connectivity index (χ3v) is 2.83. The van der Waals surface area contributed by atoms with Crippen molar-refractivity contribution in [3.63, 3.8) is 0 Å². The molecule has 0 bridgehead atoms. The number of hydrogen-bond acceptors (Lipinski definition) is 4. The molecule has 0 N–H and O–H groups in total. The number of halogens is 1. The summed E-state index contributed by atoms with van der Waals surface area (Å²) in [6, 6.07) is 0. The second kappa shape index (κ2) is 7.15. The van der Waals surface area contributed by atoms with E-state index in [2.05, 4.69) is 17.1 Å². The standard InChI is InChI=1S/C9H15ClN2OS/c1-2-6-13-7-9-12-11-8(14-9)4-3-5-10/h2-7H2,1H3. The topological polar surface area (TPSA) is 35.0 Å². The van der Waals surface area contributed by atoms with Crippen molar-refractivity contribution in [2.45, 2.75) is 32.8 Å². The van der Waals surface area contributed by atoms with Gasteiger partial charge in [-0.25, -0.2) is 0 Å². The normalized spacial score (nSPS) is 10.7. The van der Waals surface area contributed by atoms with E-state index in [-0.39, 0.29) is 0 Å². The maximum atomic E-state index is 5.59. The molecule has 0 aromatic carbocycles. The Morgan fingerprint density at radius 3 is 2.86 bits per heavy atom. The van der Waals surface area contributed by atoms with Gasteiger partial charge in [0.25, 0.3) is 0 Å². The van der Waals surface area contributed by atoms with Crippen LogP contribution in [0.15, 0.2) is 0 Å². The Hall–Kier alpha value is -0.190. The van der Waals surface area contributed by atoms with Gasteiger partial charge < -0.3 is 4.74 Å². The van der Waals surface area contributed by atoms with Crippen molar-refractivity contribution in [3.05, 3.63) is 10.0 Å². The summed E-state index contributed by atoms with van der Waals surface area (Å²) in [7, 11) is 0. The summed E-state index contributed by atoms with van der Waals surface area (Å²) in [4.78, 5) is 0. The molecule has 3 nitrogen and oxygen atoms in total. The van der Waals surface area contributed by atoms with Gasteiger partial charge in [-0.05, 0) is 12.8 Å². The highest BCUT2D eigenvalue weighted by molar-refractivity contribution is 7.11. The van der Waals surface area contributed by atoms with E-state index in [9.17, 15) is 0 Å². The smallest absolute Gasteiger partial charge is 0.143 e. The first-order chi connectivity index (χ1) is 6.86. The number of hydrogen-bond donors (Lipinski definition) is 0. The fourth-order valence-corrected chi connectivity index (χ4v) is 1.93. The highest BCUT2D eigenvalue weighted by Crippen LogP contribution is 2.12. The van der Waals surface area contributed by atoms with Crippen LogP contribution in [0, 0.1) is 0 Å². The third kappa shape index (κ3) is 4.35. The van der Waals surface area contributed by atoms with Crippen LogP contribution in [-0.2, 0) is 17.8 Å². The molecular formula is C9H15ClN2OS. The molecule has 0 unspecified atom stereocenters. The molecule has 0 spiro atoms. The van der Waals surface area contributed by atoms with E-state index < -0.39 is 0 Å². The lowest BCUT2D eigenvalue weighted by atomic mass is 10.4. The zero-order chi connectivity index (χ0) is 10.2. The predicted octanol–water partition coefficient (Wildman–Crippen LogP) is 2.64. The van der Waals surface area contributed by atoms with Crippen molar-refractivity contribution in [2.75, 3.05) is 12.5 Å². The molecule has 0 atom stereocenters. The van der Waals surface area contributed by atoms with Crippen molar-refractivity contribution in [2.24, 2.45) is 0 Å². The van der Waals surface area contributed by atoms with Crippen LogP contribution in [0.1, 0.15) is 29.8 Å². The Kier molecular flexibility index (Phi) is 6.07. The Labute approximate surface area is 93.5 Å². The van der Waals surface area contributed by atoms with Gasteiger partial charge in [0.2, 0.25) is 0 Å². The number of aromatic nitrogens is 2. The number of aryl methyl sites for hydroxylation is 1. The predicted molar refractivity (Wildman–Crippen MR) is 58.9 cm³/mol. The summed E-state index contributed by atoms with van der Waals surface area (Å²) in [5.74, 6) is 0.682. The Bertz CT molecular complexity index is 255. The van der Waals surface area contributed by atoms with Crippen LogP contribution >= 0.6 is 22.9 Å². The molecule has 0 amide bonds. The van der Waals surface area contributed by atoms with Gasteiger partial charge in [-0.1, -0.05) is 18.3 Å². The average Bonchev–Trinajstić information content (AvgIpc) is 2.63. The first kappa shape index (κ1) is 11.9. The molecule has 14 heavy (non-hydrogen) atoms. The van der Waals surface area contributed by atoms with Crippen LogP contribution < -0.4 is 0 Å². The van der Waals surface area contributed by atoms with Gasteiger partial charge in [0.05, 0.1) is 0 Å². The van der Waals surface area contributed by atoms with E-state index in [0.29, 0.717) is 12.5 Å². The van der Waals surface area contributed by atoms with Crippen molar-refractivity contribution in [1.82, 2.24) is 10.2 Å². The van der Waals surface area contributed by atoms with E-state index in [0.717, 1.165) is 35.9 Å². The molecule has 80 valence electrons. The second-order valence-electron chi connectivity index (χ2n) is 2.93. The van der Waals surface area contributed by atoms with E-state index >= 15 is 0 Å². The maximum Gasteiger partial charge on any atom is 0.143 e. The summed E-state index contributed by atoms with van der Waals surface area (Å²) in [5, 5.41) is 10.1. The molecule has 0 radical (unpaired) electrons. The van der Waals surface area contributed by atoms with Gasteiger partial charge in [-0.3, -0.25) is 0 Å². The van der Waals surface area contributed by atoms with Crippen LogP contribution in [0.25, 0.3) is 0 Å². The lowest BCUT2D eigenvalue weighted by Crippen LogP contribution is -1.92. The van der Waals surface area contributed by atoms with Gasteiger partial charge in [0.1, 0.15) is 16.6 Å². The van der Waals surface area contributed by atoms with E-state index in [1.807, 2.05) is 0 Å². The quantitative estimate of drug-likeness (QED) is 0.538. The molecule has 1 heterocycles. The molecule has 1 aromatic heterocycles. The maximum absolute atomic E-state index is 5.59. The SMILES string of the molecule is CCCOCc1nnc(CCCCl)s1. The zero-order valence-corrected chi connectivity index (χ0v) is 9.90. The highest BCUT2D eigenvalue weighted by Gasteiger charge is 2.03. The van der Waals surface area contributed by atoms with E-state index in [4.69, 9.17) is 16.3 Å². The minimum Gasteiger partial charge on any atom is -0.374 e. The molecule has 0 aliphatic heterocycles. The van der Waals surface area contributed by atoms with Crippen molar-refractivity contribution in [3.8, 4) is 0 Å². The van der Waals surface area contributed by atoms with Crippen LogP contribution in [0.3, 0.4) is 0 Å². The minimum absolute atomic E-state index is 0.590. The minimum atomic E-state index is 0.590. The number of nitrogens with zero attached hydrogens (tertiary/aromatic N) is 2. The van der Waals surface area contributed by atoms with Crippen LogP contribution in [-0.4, -0.2) is 22.7 Å². The lowest BCUT2D eigenvalue weighted by Gasteiger charge is -1.96. The second-order valence-corrected chi connectivity index (χ2v) is 4.46. The fraction of sp³-hybridized carbons (Fsp3) is 0.778. The van der Waals surface area contributed by atoms with Crippen LogP contribution in [0.5, 0.6) is 0 Å². The van der Waals surface area contributed by atoms with Gasteiger partial charge in [-0.2, -0.15) is 0 Å². The number of rotatable bonds is 7. The first-order valence-corrected chi connectivity index (χ1v) is 6.17. The van der Waals surface area contributed by atoms with Crippen LogP contribution in [0.2, 0.25) is 0 Å². The molecule has 1 aromatic rings. The first-order valence-electron chi connectivity index (χ1n) is 4.81. The van der Waals surface area contributed by atoms with Crippen molar-refractivity contribution < 1.29 is 4.74 Å². The summed E-state index contributed by atoms with van der Waals surface area (Å²) in [5.41, 5.74) is 0. The average molecular weight is 235 g/mol. The Balaban J connectivity index is 2.27. The zero-order valence-electron chi connectivity index (χ0n) is 8.33. The number of ether oxygens (including phenoxy) is 1. The molecule has 0 aliphatic carbocycles. The van der Waals surface area contributed by atoms with Gasteiger partial charge in [-0.15, -0.1) is 21.8 Å². The van der Waals surface area contributed by atoms with Gasteiger partial charge >= 0.3 is 0 Å². The molecule has 0 saturated carbocycles. The molecule has 0 saturated heterocycles. The summed E-state index contributed by atoms with van der Waals surface area (Å²) in [6.07, 6.45) is 2.93. The number of alkyl halides is 1. The van der Waals surface area contributed by atoms with Gasteiger partial charge in [0, 0.05) is 18.9 Å². The molecule has 0 aliphatic rings. The molecular weight excluding hydrogens is 220 g/mol. The molecule has 1 rings (SSSR count).